The van der Waals surface area contributed by atoms with E-state index in [0.29, 0.717) is 5.92 Å². The lowest BCUT2D eigenvalue weighted by Crippen LogP contribution is -2.50. The zero-order valence-corrected chi connectivity index (χ0v) is 14.1. The van der Waals surface area contributed by atoms with Gasteiger partial charge < -0.3 is 20.1 Å². The van der Waals surface area contributed by atoms with Gasteiger partial charge in [-0.15, -0.1) is 0 Å². The monoisotopic (exact) mass is 320 g/mol. The number of rotatable bonds is 6. The minimum Gasteiger partial charge on any atom is -0.445 e. The summed E-state index contributed by atoms with van der Waals surface area (Å²) in [6.45, 7) is 4.06. The maximum Gasteiger partial charge on any atom is 0.407 e. The molecule has 0 spiro atoms. The number of amides is 1. The van der Waals surface area contributed by atoms with Crippen LogP contribution < -0.4 is 5.32 Å². The number of ether oxygens (including phenoxy) is 1. The van der Waals surface area contributed by atoms with Crippen molar-refractivity contribution >= 4 is 6.09 Å². The van der Waals surface area contributed by atoms with Crippen LogP contribution in [0.5, 0.6) is 0 Å². The van der Waals surface area contributed by atoms with Crippen LogP contribution in [0.1, 0.15) is 31.7 Å². The Hall–Kier alpha value is -1.59. The van der Waals surface area contributed by atoms with Gasteiger partial charge in [-0.25, -0.2) is 4.79 Å². The molecule has 0 bridgehead atoms. The Morgan fingerprint density at radius 3 is 2.83 bits per heavy atom. The first kappa shape index (κ1) is 17.8. The first-order valence-electron chi connectivity index (χ1n) is 8.40. The van der Waals surface area contributed by atoms with E-state index in [2.05, 4.69) is 17.3 Å². The summed E-state index contributed by atoms with van der Waals surface area (Å²) in [7, 11) is 2.05. The fraction of sp³-hybridized carbons (Fsp3) is 0.611. The average molecular weight is 320 g/mol. The molecule has 128 valence electrons. The lowest BCUT2D eigenvalue weighted by Gasteiger charge is -2.36. The normalized spacial score (nSPS) is 23.3. The molecule has 1 aliphatic heterocycles. The number of hydrogen-bond donors (Lipinski definition) is 2. The summed E-state index contributed by atoms with van der Waals surface area (Å²) in [4.78, 5) is 14.2. The van der Waals surface area contributed by atoms with Gasteiger partial charge in [-0.3, -0.25) is 0 Å². The molecular weight excluding hydrogens is 292 g/mol. The van der Waals surface area contributed by atoms with Crippen LogP contribution in [0.15, 0.2) is 30.3 Å². The number of benzene rings is 1. The van der Waals surface area contributed by atoms with Gasteiger partial charge in [0.1, 0.15) is 6.61 Å². The molecule has 1 aliphatic rings. The number of carbonyl (C=O) groups excluding carboxylic acids is 1. The smallest absolute Gasteiger partial charge is 0.407 e. The number of hydrogen-bond acceptors (Lipinski definition) is 4. The van der Waals surface area contributed by atoms with Crippen LogP contribution in [-0.2, 0) is 11.3 Å². The van der Waals surface area contributed by atoms with Crippen molar-refractivity contribution in [2.24, 2.45) is 5.92 Å². The fourth-order valence-corrected chi connectivity index (χ4v) is 3.20. The number of alkyl carbamates (subject to hydrolysis) is 1. The summed E-state index contributed by atoms with van der Waals surface area (Å²) in [6, 6.07) is 9.73. The molecule has 1 amide bonds. The minimum absolute atomic E-state index is 0.0751. The second-order valence-electron chi connectivity index (χ2n) is 6.52. The van der Waals surface area contributed by atoms with Crippen molar-refractivity contribution in [3.05, 3.63) is 35.9 Å². The van der Waals surface area contributed by atoms with Crippen molar-refractivity contribution in [2.75, 3.05) is 20.1 Å². The predicted molar refractivity (Wildman–Crippen MR) is 90.1 cm³/mol. The van der Waals surface area contributed by atoms with Crippen LogP contribution in [0.25, 0.3) is 0 Å². The molecule has 2 rings (SSSR count). The van der Waals surface area contributed by atoms with Gasteiger partial charge in [-0.1, -0.05) is 37.3 Å². The van der Waals surface area contributed by atoms with E-state index in [9.17, 15) is 9.90 Å². The third-order valence-electron chi connectivity index (χ3n) is 4.33. The topological polar surface area (TPSA) is 61.8 Å². The van der Waals surface area contributed by atoms with Crippen molar-refractivity contribution in [3.8, 4) is 0 Å². The van der Waals surface area contributed by atoms with E-state index in [1.54, 1.807) is 0 Å². The van der Waals surface area contributed by atoms with Crippen molar-refractivity contribution in [3.63, 3.8) is 0 Å². The summed E-state index contributed by atoms with van der Waals surface area (Å²) >= 11 is 0. The van der Waals surface area contributed by atoms with E-state index in [0.717, 1.165) is 37.9 Å². The fourth-order valence-electron chi connectivity index (χ4n) is 3.20. The summed E-state index contributed by atoms with van der Waals surface area (Å²) in [5, 5.41) is 12.8. The third-order valence-corrected chi connectivity index (χ3v) is 4.33. The van der Waals surface area contributed by atoms with Crippen LogP contribution in [-0.4, -0.2) is 48.4 Å². The highest BCUT2D eigenvalue weighted by molar-refractivity contribution is 5.67. The van der Waals surface area contributed by atoms with Gasteiger partial charge in [0.2, 0.25) is 0 Å². The summed E-state index contributed by atoms with van der Waals surface area (Å²) in [5.41, 5.74) is 0.979. The zero-order chi connectivity index (χ0) is 16.7. The second-order valence-corrected chi connectivity index (χ2v) is 6.52. The molecule has 2 N–H and O–H groups in total. The Morgan fingerprint density at radius 2 is 2.13 bits per heavy atom. The van der Waals surface area contributed by atoms with Crippen molar-refractivity contribution in [1.29, 1.82) is 0 Å². The van der Waals surface area contributed by atoms with Gasteiger partial charge >= 0.3 is 6.09 Å². The number of carbonyl (C=O) groups is 1. The van der Waals surface area contributed by atoms with Crippen LogP contribution >= 0.6 is 0 Å². The maximum atomic E-state index is 12.0. The van der Waals surface area contributed by atoms with Gasteiger partial charge in [0.05, 0.1) is 6.10 Å². The zero-order valence-electron chi connectivity index (χ0n) is 14.1. The standard InChI is InChI=1S/C18H28N2O3/c1-3-17(21)10-15-9-16(12-20(2)11-15)19-18(22)23-13-14-7-5-4-6-8-14/h4-8,15-17,21H,3,9-13H2,1-2H3,(H,19,22). The van der Waals surface area contributed by atoms with E-state index < -0.39 is 0 Å². The largest absolute Gasteiger partial charge is 0.445 e. The quantitative estimate of drug-likeness (QED) is 0.845. The Kier molecular flexibility index (Phi) is 6.86. The van der Waals surface area contributed by atoms with Gasteiger partial charge in [0.15, 0.2) is 0 Å². The van der Waals surface area contributed by atoms with Crippen molar-refractivity contribution in [1.82, 2.24) is 10.2 Å². The van der Waals surface area contributed by atoms with Gasteiger partial charge in [-0.05, 0) is 37.8 Å². The number of nitrogens with one attached hydrogen (secondary N) is 1. The predicted octanol–water partition coefficient (Wildman–Crippen LogP) is 2.39. The van der Waals surface area contributed by atoms with E-state index in [1.807, 2.05) is 37.3 Å². The summed E-state index contributed by atoms with van der Waals surface area (Å²) < 4.78 is 5.29. The second kappa shape index (κ2) is 8.89. The number of piperidine rings is 1. The van der Waals surface area contributed by atoms with Crippen molar-refractivity contribution < 1.29 is 14.6 Å². The molecule has 5 heteroatoms. The molecule has 5 nitrogen and oxygen atoms in total. The third kappa shape index (κ3) is 6.20. The molecule has 0 radical (unpaired) electrons. The van der Waals surface area contributed by atoms with Crippen LogP contribution in [0, 0.1) is 5.92 Å². The minimum atomic E-state index is -0.371. The summed E-state index contributed by atoms with van der Waals surface area (Å²) in [6.07, 6.45) is 1.83. The molecule has 1 fully saturated rings. The van der Waals surface area contributed by atoms with Crippen LogP contribution in [0.2, 0.25) is 0 Å². The highest BCUT2D eigenvalue weighted by Crippen LogP contribution is 2.21. The van der Waals surface area contributed by atoms with Gasteiger partial charge in [0.25, 0.3) is 0 Å². The Morgan fingerprint density at radius 1 is 1.39 bits per heavy atom. The molecule has 1 aromatic rings. The van der Waals surface area contributed by atoms with E-state index in [-0.39, 0.29) is 24.8 Å². The number of aliphatic hydroxyl groups excluding tert-OH is 1. The number of aliphatic hydroxyl groups is 1. The molecule has 3 unspecified atom stereocenters. The molecule has 0 saturated carbocycles. The lowest BCUT2D eigenvalue weighted by atomic mass is 9.89. The Bertz CT molecular complexity index is 480. The van der Waals surface area contributed by atoms with Gasteiger partial charge in [0, 0.05) is 19.1 Å². The van der Waals surface area contributed by atoms with E-state index in [1.165, 1.54) is 0 Å². The molecule has 23 heavy (non-hydrogen) atoms. The van der Waals surface area contributed by atoms with Gasteiger partial charge in [-0.2, -0.15) is 0 Å². The van der Waals surface area contributed by atoms with Crippen LogP contribution in [0.3, 0.4) is 0 Å². The molecular formula is C18H28N2O3. The van der Waals surface area contributed by atoms with Crippen LogP contribution in [0.4, 0.5) is 4.79 Å². The molecule has 0 aliphatic carbocycles. The van der Waals surface area contributed by atoms with Crippen molar-refractivity contribution in [2.45, 2.75) is 44.9 Å². The summed E-state index contributed by atoms with van der Waals surface area (Å²) in [5.74, 6) is 0.406. The SMILES string of the molecule is CCC(O)CC1CC(NC(=O)OCc2ccccc2)CN(C)C1. The van der Waals surface area contributed by atoms with E-state index in [4.69, 9.17) is 4.74 Å². The Balaban J connectivity index is 1.77. The average Bonchev–Trinajstić information content (AvgIpc) is 2.53. The number of nitrogens with zero attached hydrogens (tertiary/aromatic N) is 1. The van der Waals surface area contributed by atoms with E-state index >= 15 is 0 Å². The first-order valence-corrected chi connectivity index (χ1v) is 8.40. The molecule has 0 aromatic heterocycles. The first-order chi connectivity index (χ1) is 11.1. The lowest BCUT2D eigenvalue weighted by molar-refractivity contribution is 0.0882. The number of likely N-dealkylation sites (tertiary alicyclic amines) is 1. The molecule has 1 aromatic carbocycles. The maximum absolute atomic E-state index is 12.0. The number of likely N-dealkylation sites (N-methyl/N-ethyl adjacent to an activating group) is 1. The molecule has 3 atom stereocenters. The highest BCUT2D eigenvalue weighted by Gasteiger charge is 2.27. The Labute approximate surface area is 138 Å². The highest BCUT2D eigenvalue weighted by atomic mass is 16.5. The molecule has 1 heterocycles. The molecule has 1 saturated heterocycles.